The molecule has 2 heteroatoms. The molecule has 0 aromatic heterocycles. The molecule has 0 spiro atoms. The molecule has 3 rings (SSSR count). The Bertz CT molecular complexity index is 411. The molecule has 0 aromatic rings. The van der Waals surface area contributed by atoms with Crippen molar-refractivity contribution in [3.8, 4) is 0 Å². The fourth-order valence-corrected chi connectivity index (χ4v) is 4.63. The molecule has 4 N–H and O–H groups in total. The summed E-state index contributed by atoms with van der Waals surface area (Å²) < 4.78 is 0. The molecule has 2 atom stereocenters. The van der Waals surface area contributed by atoms with E-state index in [1.807, 2.05) is 0 Å². The average Bonchev–Trinajstić information content (AvgIpc) is 2.56. The zero-order valence-corrected chi connectivity index (χ0v) is 14.1. The molecule has 0 heterocycles. The second-order valence-electron chi connectivity index (χ2n) is 7.84. The molecule has 0 aliphatic heterocycles. The van der Waals surface area contributed by atoms with Crippen molar-refractivity contribution >= 4 is 0 Å². The van der Waals surface area contributed by atoms with Crippen LogP contribution in [0.4, 0.5) is 0 Å². The van der Waals surface area contributed by atoms with E-state index >= 15 is 0 Å². The maximum Gasteiger partial charge on any atom is 0.0448 e. The third kappa shape index (κ3) is 4.02. The Morgan fingerprint density at radius 3 is 1.82 bits per heavy atom. The van der Waals surface area contributed by atoms with Gasteiger partial charge in [-0.15, -0.1) is 0 Å². The summed E-state index contributed by atoms with van der Waals surface area (Å²) in [6, 6.07) is 0.212. The molecule has 2 nitrogen and oxygen atoms in total. The van der Waals surface area contributed by atoms with Gasteiger partial charge in [0.15, 0.2) is 0 Å². The molecule has 3 saturated carbocycles. The van der Waals surface area contributed by atoms with Gasteiger partial charge in [-0.2, -0.15) is 0 Å². The molecule has 22 heavy (non-hydrogen) atoms. The van der Waals surface area contributed by atoms with Crippen LogP contribution in [0.2, 0.25) is 0 Å². The lowest BCUT2D eigenvalue weighted by molar-refractivity contribution is 0.407. The summed E-state index contributed by atoms with van der Waals surface area (Å²) in [5, 5.41) is 0. The second-order valence-corrected chi connectivity index (χ2v) is 7.84. The van der Waals surface area contributed by atoms with Crippen LogP contribution >= 0.6 is 0 Å². The van der Waals surface area contributed by atoms with Crippen LogP contribution in [0.15, 0.2) is 23.3 Å². The topological polar surface area (TPSA) is 52.0 Å². The van der Waals surface area contributed by atoms with E-state index in [1.165, 1.54) is 69.8 Å². The number of hydrogen-bond acceptors (Lipinski definition) is 2. The largest absolute Gasteiger partial charge is 0.326 e. The molecule has 0 saturated heterocycles. The monoisotopic (exact) mass is 302 g/mol. The lowest BCUT2D eigenvalue weighted by Gasteiger charge is -2.33. The first-order valence-electron chi connectivity index (χ1n) is 9.68. The van der Waals surface area contributed by atoms with Gasteiger partial charge >= 0.3 is 0 Å². The van der Waals surface area contributed by atoms with Crippen LogP contribution in [-0.4, -0.2) is 12.1 Å². The Morgan fingerprint density at radius 1 is 0.682 bits per heavy atom. The maximum atomic E-state index is 6.50. The highest BCUT2D eigenvalue weighted by molar-refractivity contribution is 5.40. The minimum Gasteiger partial charge on any atom is -0.326 e. The van der Waals surface area contributed by atoms with Crippen molar-refractivity contribution in [1.82, 2.24) is 0 Å². The number of rotatable bonds is 2. The summed E-state index contributed by atoms with van der Waals surface area (Å²) in [4.78, 5) is 0. The highest BCUT2D eigenvalue weighted by Gasteiger charge is 2.28. The lowest BCUT2D eigenvalue weighted by Crippen LogP contribution is -2.46. The quantitative estimate of drug-likeness (QED) is 0.792. The standard InChI is InChI=1S/C20H34N2/c21-19-12-11-17(13-15-7-3-1-4-8-15)18(20(19)22)14-16-9-5-2-6-10-16/h13-16,19-20H,1-12,21-22H2. The van der Waals surface area contributed by atoms with Crippen LogP contribution in [0.3, 0.4) is 0 Å². The Hall–Kier alpha value is -0.600. The molecule has 0 aromatic carbocycles. The number of nitrogens with two attached hydrogens (primary N) is 2. The van der Waals surface area contributed by atoms with Crippen LogP contribution in [0, 0.1) is 11.8 Å². The first-order chi connectivity index (χ1) is 10.7. The third-order valence-electron chi connectivity index (χ3n) is 6.09. The highest BCUT2D eigenvalue weighted by Crippen LogP contribution is 2.35. The van der Waals surface area contributed by atoms with Crippen LogP contribution < -0.4 is 11.5 Å². The van der Waals surface area contributed by atoms with Gasteiger partial charge in [-0.1, -0.05) is 50.7 Å². The molecule has 3 aliphatic rings. The van der Waals surface area contributed by atoms with E-state index in [1.54, 1.807) is 5.57 Å². The second kappa shape index (κ2) is 7.79. The lowest BCUT2D eigenvalue weighted by atomic mass is 9.77. The van der Waals surface area contributed by atoms with Crippen molar-refractivity contribution in [2.24, 2.45) is 23.3 Å². The fraction of sp³-hybridized carbons (Fsp3) is 0.800. The summed E-state index contributed by atoms with van der Waals surface area (Å²) in [5.41, 5.74) is 15.7. The van der Waals surface area contributed by atoms with Crippen LogP contribution in [0.5, 0.6) is 0 Å². The zero-order valence-electron chi connectivity index (χ0n) is 14.1. The third-order valence-corrected chi connectivity index (χ3v) is 6.09. The van der Waals surface area contributed by atoms with Gasteiger partial charge in [0, 0.05) is 12.1 Å². The van der Waals surface area contributed by atoms with Gasteiger partial charge < -0.3 is 11.5 Å². The first kappa shape index (κ1) is 16.3. The van der Waals surface area contributed by atoms with Gasteiger partial charge in [-0.05, 0) is 61.5 Å². The molecule has 0 bridgehead atoms. The molecular formula is C20H34N2. The van der Waals surface area contributed by atoms with Gasteiger partial charge in [0.2, 0.25) is 0 Å². The number of allylic oxidation sites excluding steroid dienone is 2. The zero-order chi connectivity index (χ0) is 15.4. The van der Waals surface area contributed by atoms with E-state index in [0.29, 0.717) is 0 Å². The van der Waals surface area contributed by atoms with Crippen molar-refractivity contribution in [3.63, 3.8) is 0 Å². The van der Waals surface area contributed by atoms with Crippen molar-refractivity contribution in [1.29, 1.82) is 0 Å². The Labute approximate surface area is 136 Å². The SMILES string of the molecule is NC1CCC(=CC2CCCCC2)C(=CC2CCCCC2)C1N. The molecule has 124 valence electrons. The molecule has 3 aliphatic carbocycles. The van der Waals surface area contributed by atoms with Crippen molar-refractivity contribution < 1.29 is 0 Å². The Balaban J connectivity index is 1.78. The van der Waals surface area contributed by atoms with E-state index < -0.39 is 0 Å². The minimum absolute atomic E-state index is 0.0607. The van der Waals surface area contributed by atoms with Gasteiger partial charge in [0.05, 0.1) is 0 Å². The fourth-order valence-electron chi connectivity index (χ4n) is 4.63. The highest BCUT2D eigenvalue weighted by atomic mass is 14.8. The molecule has 2 unspecified atom stereocenters. The predicted molar refractivity (Wildman–Crippen MR) is 94.5 cm³/mol. The Morgan fingerprint density at radius 2 is 1.23 bits per heavy atom. The van der Waals surface area contributed by atoms with E-state index in [2.05, 4.69) is 12.2 Å². The molecular weight excluding hydrogens is 268 g/mol. The van der Waals surface area contributed by atoms with Crippen molar-refractivity contribution in [2.45, 2.75) is 89.1 Å². The van der Waals surface area contributed by atoms with Crippen molar-refractivity contribution in [3.05, 3.63) is 23.3 Å². The smallest absolute Gasteiger partial charge is 0.0448 e. The van der Waals surface area contributed by atoms with Crippen LogP contribution in [-0.2, 0) is 0 Å². The van der Waals surface area contributed by atoms with Gasteiger partial charge in [-0.25, -0.2) is 0 Å². The van der Waals surface area contributed by atoms with E-state index in [4.69, 9.17) is 11.5 Å². The van der Waals surface area contributed by atoms with Gasteiger partial charge in [0.1, 0.15) is 0 Å². The normalized spacial score (nSPS) is 36.1. The summed E-state index contributed by atoms with van der Waals surface area (Å²) in [5.74, 6) is 1.54. The van der Waals surface area contributed by atoms with Crippen LogP contribution in [0.25, 0.3) is 0 Å². The Kier molecular flexibility index (Phi) is 5.76. The van der Waals surface area contributed by atoms with Gasteiger partial charge in [0.25, 0.3) is 0 Å². The maximum absolute atomic E-state index is 6.50. The summed E-state index contributed by atoms with van der Waals surface area (Å²) in [6.07, 6.45) is 21.2. The van der Waals surface area contributed by atoms with Crippen LogP contribution in [0.1, 0.15) is 77.0 Å². The van der Waals surface area contributed by atoms with Gasteiger partial charge in [-0.3, -0.25) is 0 Å². The molecule has 0 radical (unpaired) electrons. The van der Waals surface area contributed by atoms with E-state index in [0.717, 1.165) is 24.7 Å². The average molecular weight is 303 g/mol. The summed E-state index contributed by atoms with van der Waals surface area (Å²) in [7, 11) is 0. The first-order valence-corrected chi connectivity index (χ1v) is 9.68. The molecule has 0 amide bonds. The molecule has 3 fully saturated rings. The summed E-state index contributed by atoms with van der Waals surface area (Å²) in [6.45, 7) is 0. The van der Waals surface area contributed by atoms with Crippen molar-refractivity contribution in [2.75, 3.05) is 0 Å². The van der Waals surface area contributed by atoms with E-state index in [-0.39, 0.29) is 12.1 Å². The minimum atomic E-state index is 0.0607. The summed E-state index contributed by atoms with van der Waals surface area (Å²) >= 11 is 0. The predicted octanol–water partition coefficient (Wildman–Crippen LogP) is 4.45. The number of hydrogen-bond donors (Lipinski definition) is 2. The van der Waals surface area contributed by atoms with E-state index in [9.17, 15) is 0 Å².